The van der Waals surface area contributed by atoms with Gasteiger partial charge in [0.2, 0.25) is 0 Å². The highest BCUT2D eigenvalue weighted by Crippen LogP contribution is 2.43. The van der Waals surface area contributed by atoms with E-state index in [0.717, 1.165) is 36.5 Å². The van der Waals surface area contributed by atoms with E-state index < -0.39 is 0 Å². The first-order chi connectivity index (χ1) is 15.7. The Morgan fingerprint density at radius 1 is 0.531 bits per heavy atom. The summed E-state index contributed by atoms with van der Waals surface area (Å²) in [6, 6.07) is 5.46. The normalized spacial score (nSPS) is 35.4. The molecule has 0 saturated heterocycles. The van der Waals surface area contributed by atoms with E-state index in [-0.39, 0.29) is 11.8 Å². The van der Waals surface area contributed by atoms with Crippen LogP contribution in [-0.4, -0.2) is 0 Å². The molecule has 3 fully saturated rings. The molecule has 2 unspecified atom stereocenters. The Morgan fingerprint density at radius 2 is 0.844 bits per heavy atom. The van der Waals surface area contributed by atoms with E-state index in [2.05, 4.69) is 26.0 Å². The van der Waals surface area contributed by atoms with Crippen LogP contribution in [0, 0.1) is 70.0 Å². The fourth-order valence-corrected chi connectivity index (χ4v) is 7.70. The summed E-state index contributed by atoms with van der Waals surface area (Å²) >= 11 is 0. The molecule has 0 amide bonds. The van der Waals surface area contributed by atoms with Crippen LogP contribution in [0.1, 0.15) is 129 Å². The molecule has 3 aliphatic rings. The lowest BCUT2D eigenvalue weighted by molar-refractivity contribution is 0.156. The molecule has 0 N–H and O–H groups in total. The predicted molar refractivity (Wildman–Crippen MR) is 134 cm³/mol. The van der Waals surface area contributed by atoms with Gasteiger partial charge >= 0.3 is 0 Å². The van der Waals surface area contributed by atoms with Gasteiger partial charge in [0, 0.05) is 11.8 Å². The van der Waals surface area contributed by atoms with Gasteiger partial charge in [-0.15, -0.1) is 0 Å². The quantitative estimate of drug-likeness (QED) is 0.341. The van der Waals surface area contributed by atoms with Crippen LogP contribution in [0.25, 0.3) is 0 Å². The van der Waals surface area contributed by atoms with E-state index in [0.29, 0.717) is 11.8 Å². The number of rotatable bonds is 10. The summed E-state index contributed by atoms with van der Waals surface area (Å²) in [6.07, 6.45) is 23.5. The van der Waals surface area contributed by atoms with Gasteiger partial charge < -0.3 is 0 Å². The maximum atomic E-state index is 9.93. The maximum absolute atomic E-state index is 9.93. The number of nitrogens with zero attached hydrogens (tertiary/aromatic N) is 2. The molecule has 0 aromatic heterocycles. The molecular formula is C30H50N2. The second-order valence-corrected chi connectivity index (χ2v) is 12.0. The van der Waals surface area contributed by atoms with Crippen molar-refractivity contribution in [2.75, 3.05) is 0 Å². The second kappa shape index (κ2) is 13.6. The van der Waals surface area contributed by atoms with Crippen molar-refractivity contribution in [3.63, 3.8) is 0 Å². The highest BCUT2D eigenvalue weighted by molar-refractivity contribution is 4.95. The molecule has 2 nitrogen and oxygen atoms in total. The lowest BCUT2D eigenvalue weighted by Gasteiger charge is -2.36. The van der Waals surface area contributed by atoms with Gasteiger partial charge in [-0.25, -0.2) is 0 Å². The van der Waals surface area contributed by atoms with Gasteiger partial charge in [-0.05, 0) is 74.0 Å². The third kappa shape index (κ3) is 7.51. The Morgan fingerprint density at radius 3 is 1.19 bits per heavy atom. The SMILES string of the molecule is CCCC1CCC(CC(C#N)C2CCC(CC(C#N)C3CCC(CCC)CC3)CC2)CC1. The Balaban J connectivity index is 1.39. The Hall–Kier alpha value is -1.02. The summed E-state index contributed by atoms with van der Waals surface area (Å²) in [5, 5.41) is 19.8. The zero-order valence-electron chi connectivity index (χ0n) is 21.2. The van der Waals surface area contributed by atoms with Crippen molar-refractivity contribution in [3.05, 3.63) is 0 Å². The second-order valence-electron chi connectivity index (χ2n) is 12.0. The molecular weight excluding hydrogens is 388 g/mol. The molecule has 0 spiro atoms. The van der Waals surface area contributed by atoms with E-state index in [1.54, 1.807) is 0 Å². The van der Waals surface area contributed by atoms with Crippen molar-refractivity contribution < 1.29 is 0 Å². The van der Waals surface area contributed by atoms with Gasteiger partial charge in [0.05, 0.1) is 12.1 Å². The fraction of sp³-hybridized carbons (Fsp3) is 0.933. The average Bonchev–Trinajstić information content (AvgIpc) is 2.83. The van der Waals surface area contributed by atoms with Crippen LogP contribution in [0.3, 0.4) is 0 Å². The zero-order chi connectivity index (χ0) is 22.8. The minimum absolute atomic E-state index is 0.282. The summed E-state index contributed by atoms with van der Waals surface area (Å²) in [5.74, 6) is 5.26. The molecule has 0 aromatic carbocycles. The molecule has 3 saturated carbocycles. The molecule has 0 bridgehead atoms. The van der Waals surface area contributed by atoms with E-state index in [1.165, 1.54) is 103 Å². The van der Waals surface area contributed by atoms with Gasteiger partial charge in [0.15, 0.2) is 0 Å². The topological polar surface area (TPSA) is 47.6 Å². The summed E-state index contributed by atoms with van der Waals surface area (Å²) in [7, 11) is 0. The summed E-state index contributed by atoms with van der Waals surface area (Å²) in [5.41, 5.74) is 0. The molecule has 0 aliphatic heterocycles. The van der Waals surface area contributed by atoms with Crippen LogP contribution in [-0.2, 0) is 0 Å². The summed E-state index contributed by atoms with van der Waals surface area (Å²) in [6.45, 7) is 4.61. The minimum atomic E-state index is 0.282. The highest BCUT2D eigenvalue weighted by atomic mass is 14.4. The molecule has 32 heavy (non-hydrogen) atoms. The average molecular weight is 439 g/mol. The molecule has 2 atom stereocenters. The van der Waals surface area contributed by atoms with Crippen LogP contribution >= 0.6 is 0 Å². The van der Waals surface area contributed by atoms with E-state index in [9.17, 15) is 10.5 Å². The molecule has 0 radical (unpaired) electrons. The summed E-state index contributed by atoms with van der Waals surface area (Å²) < 4.78 is 0. The van der Waals surface area contributed by atoms with Crippen molar-refractivity contribution in [2.45, 2.75) is 129 Å². The van der Waals surface area contributed by atoms with Crippen LogP contribution < -0.4 is 0 Å². The smallest absolute Gasteiger partial charge is 0.0658 e. The fourth-order valence-electron chi connectivity index (χ4n) is 7.70. The van der Waals surface area contributed by atoms with Crippen molar-refractivity contribution in [1.29, 1.82) is 10.5 Å². The molecule has 180 valence electrons. The third-order valence-corrected chi connectivity index (χ3v) is 9.79. The van der Waals surface area contributed by atoms with Gasteiger partial charge in [0.1, 0.15) is 0 Å². The van der Waals surface area contributed by atoms with E-state index >= 15 is 0 Å². The van der Waals surface area contributed by atoms with Crippen molar-refractivity contribution in [2.24, 2.45) is 47.3 Å². The molecule has 3 aliphatic carbocycles. The maximum Gasteiger partial charge on any atom is 0.0658 e. The van der Waals surface area contributed by atoms with Gasteiger partial charge in [-0.1, -0.05) is 90.9 Å². The Labute approximate surface area is 199 Å². The predicted octanol–water partition coefficient (Wildman–Crippen LogP) is 9.07. The number of nitriles is 2. The van der Waals surface area contributed by atoms with Crippen molar-refractivity contribution >= 4 is 0 Å². The van der Waals surface area contributed by atoms with Crippen LogP contribution in [0.2, 0.25) is 0 Å². The summed E-state index contributed by atoms with van der Waals surface area (Å²) in [4.78, 5) is 0. The highest BCUT2D eigenvalue weighted by Gasteiger charge is 2.34. The first-order valence-corrected chi connectivity index (χ1v) is 14.5. The molecule has 0 aromatic rings. The molecule has 0 heterocycles. The van der Waals surface area contributed by atoms with Crippen LogP contribution in [0.4, 0.5) is 0 Å². The number of hydrogen-bond acceptors (Lipinski definition) is 2. The molecule has 3 rings (SSSR count). The Kier molecular flexibility index (Phi) is 10.9. The van der Waals surface area contributed by atoms with E-state index in [1.807, 2.05) is 0 Å². The van der Waals surface area contributed by atoms with Crippen molar-refractivity contribution in [1.82, 2.24) is 0 Å². The van der Waals surface area contributed by atoms with E-state index in [4.69, 9.17) is 0 Å². The monoisotopic (exact) mass is 438 g/mol. The van der Waals surface area contributed by atoms with Gasteiger partial charge in [-0.2, -0.15) is 10.5 Å². The van der Waals surface area contributed by atoms with Crippen molar-refractivity contribution in [3.8, 4) is 12.1 Å². The first kappa shape index (κ1) is 25.6. The third-order valence-electron chi connectivity index (χ3n) is 9.79. The van der Waals surface area contributed by atoms with Crippen LogP contribution in [0.5, 0.6) is 0 Å². The largest absolute Gasteiger partial charge is 0.198 e. The van der Waals surface area contributed by atoms with Crippen LogP contribution in [0.15, 0.2) is 0 Å². The Bertz CT molecular complexity index is 589. The zero-order valence-corrected chi connectivity index (χ0v) is 21.2. The lowest BCUT2D eigenvalue weighted by Crippen LogP contribution is -2.27. The standard InChI is InChI=1S/C30H50N2/c1-3-5-23-7-9-25(10-8-23)19-29(21-31)28-17-13-26(14-18-28)20-30(22-32)27-15-11-24(6-4-2)12-16-27/h23-30H,3-20H2,1-2H3. The van der Waals surface area contributed by atoms with Gasteiger partial charge in [-0.3, -0.25) is 0 Å². The minimum Gasteiger partial charge on any atom is -0.198 e. The molecule has 2 heteroatoms. The number of hydrogen-bond donors (Lipinski definition) is 0. The first-order valence-electron chi connectivity index (χ1n) is 14.5. The lowest BCUT2D eigenvalue weighted by atomic mass is 9.68. The van der Waals surface area contributed by atoms with Gasteiger partial charge in [0.25, 0.3) is 0 Å².